The van der Waals surface area contributed by atoms with Gasteiger partial charge in [0, 0.05) is 20.7 Å². The van der Waals surface area contributed by atoms with Crippen molar-refractivity contribution in [2.75, 3.05) is 19.5 Å². The lowest BCUT2D eigenvalue weighted by Crippen LogP contribution is -2.23. The summed E-state index contributed by atoms with van der Waals surface area (Å²) >= 11 is 0. The summed E-state index contributed by atoms with van der Waals surface area (Å²) in [7, 11) is 3.18. The summed E-state index contributed by atoms with van der Waals surface area (Å²) < 4.78 is 7.98. The molecule has 86 valence electrons. The fourth-order valence-electron chi connectivity index (χ4n) is 1.45. The molecule has 7 nitrogen and oxygen atoms in total. The minimum absolute atomic E-state index is 0.325. The van der Waals surface area contributed by atoms with Gasteiger partial charge in [0.15, 0.2) is 5.65 Å². The van der Waals surface area contributed by atoms with Crippen molar-refractivity contribution in [3.05, 3.63) is 16.8 Å². The second-order valence-corrected chi connectivity index (χ2v) is 3.44. The van der Waals surface area contributed by atoms with Gasteiger partial charge in [-0.1, -0.05) is 0 Å². The van der Waals surface area contributed by atoms with E-state index < -0.39 is 0 Å². The lowest BCUT2D eigenvalue weighted by atomic mass is 10.5. The van der Waals surface area contributed by atoms with Crippen LogP contribution < -0.4 is 11.4 Å². The fourth-order valence-corrected chi connectivity index (χ4v) is 1.45. The predicted molar refractivity (Wildman–Crippen MR) is 59.1 cm³/mol. The highest BCUT2D eigenvalue weighted by molar-refractivity contribution is 5.81. The van der Waals surface area contributed by atoms with E-state index in [2.05, 4.69) is 9.97 Å². The lowest BCUT2D eigenvalue weighted by Gasteiger charge is -2.04. The first-order valence-electron chi connectivity index (χ1n) is 4.81. The van der Waals surface area contributed by atoms with E-state index in [9.17, 15) is 4.79 Å². The van der Waals surface area contributed by atoms with E-state index in [4.69, 9.17) is 10.5 Å². The van der Waals surface area contributed by atoms with E-state index in [1.165, 1.54) is 4.57 Å². The van der Waals surface area contributed by atoms with Crippen LogP contribution in [0.2, 0.25) is 0 Å². The monoisotopic (exact) mass is 223 g/mol. The summed E-state index contributed by atoms with van der Waals surface area (Å²) in [5, 5.41) is 0. The number of anilines is 1. The van der Waals surface area contributed by atoms with Crippen molar-refractivity contribution in [3.63, 3.8) is 0 Å². The van der Waals surface area contributed by atoms with E-state index in [0.29, 0.717) is 30.1 Å². The number of aromatic nitrogens is 4. The molecule has 0 amide bonds. The van der Waals surface area contributed by atoms with Crippen molar-refractivity contribution in [1.82, 2.24) is 19.1 Å². The van der Waals surface area contributed by atoms with Gasteiger partial charge in [0.2, 0.25) is 0 Å². The maximum Gasteiger partial charge on any atom is 0.350 e. The van der Waals surface area contributed by atoms with Crippen molar-refractivity contribution in [2.45, 2.75) is 6.54 Å². The summed E-state index contributed by atoms with van der Waals surface area (Å²) in [4.78, 5) is 19.5. The smallest absolute Gasteiger partial charge is 0.350 e. The van der Waals surface area contributed by atoms with Gasteiger partial charge < -0.3 is 15.0 Å². The van der Waals surface area contributed by atoms with Gasteiger partial charge in [-0.15, -0.1) is 0 Å². The number of hydrogen-bond acceptors (Lipinski definition) is 5. The Morgan fingerprint density at radius 1 is 1.56 bits per heavy atom. The third kappa shape index (κ3) is 1.54. The van der Waals surface area contributed by atoms with Crippen molar-refractivity contribution < 1.29 is 4.74 Å². The molecule has 2 N–H and O–H groups in total. The third-order valence-electron chi connectivity index (χ3n) is 2.44. The predicted octanol–water partition coefficient (Wildman–Crippen LogP) is -0.641. The number of rotatable bonds is 3. The van der Waals surface area contributed by atoms with E-state index in [1.54, 1.807) is 25.1 Å². The highest BCUT2D eigenvalue weighted by atomic mass is 16.5. The topological polar surface area (TPSA) is 88.0 Å². The molecule has 0 radical (unpaired) electrons. The number of imidazole rings is 1. The molecule has 2 aromatic rings. The van der Waals surface area contributed by atoms with Gasteiger partial charge in [0.25, 0.3) is 0 Å². The minimum Gasteiger partial charge on any atom is -0.383 e. The number of nitrogens with two attached hydrogens (primary N) is 1. The van der Waals surface area contributed by atoms with Gasteiger partial charge in [0.05, 0.1) is 12.9 Å². The van der Waals surface area contributed by atoms with Crippen LogP contribution in [0.25, 0.3) is 11.2 Å². The average molecular weight is 223 g/mol. The molecule has 0 aliphatic carbocycles. The second-order valence-electron chi connectivity index (χ2n) is 3.44. The number of nitrogen functional groups attached to an aromatic ring is 1. The molecule has 2 heterocycles. The van der Waals surface area contributed by atoms with Crippen LogP contribution in [0.15, 0.2) is 11.1 Å². The summed E-state index contributed by atoms with van der Waals surface area (Å²) in [6.07, 6.45) is 1.60. The summed E-state index contributed by atoms with van der Waals surface area (Å²) in [6, 6.07) is 0. The average Bonchev–Trinajstić information content (AvgIpc) is 2.66. The Labute approximate surface area is 91.5 Å². The van der Waals surface area contributed by atoms with Crippen LogP contribution in [-0.2, 0) is 18.3 Å². The van der Waals surface area contributed by atoms with Crippen LogP contribution >= 0.6 is 0 Å². The van der Waals surface area contributed by atoms with E-state index in [0.717, 1.165) is 0 Å². The molecule has 2 aromatic heterocycles. The molecule has 0 bridgehead atoms. The summed E-state index contributed by atoms with van der Waals surface area (Å²) in [5.74, 6) is 0.325. The normalized spacial score (nSPS) is 11.1. The van der Waals surface area contributed by atoms with Crippen molar-refractivity contribution >= 4 is 17.0 Å². The lowest BCUT2D eigenvalue weighted by molar-refractivity contribution is 0.188. The van der Waals surface area contributed by atoms with Crippen LogP contribution in [-0.4, -0.2) is 32.8 Å². The molecule has 0 aromatic carbocycles. The summed E-state index contributed by atoms with van der Waals surface area (Å²) in [6.45, 7) is 1.12. The van der Waals surface area contributed by atoms with Gasteiger partial charge >= 0.3 is 5.69 Å². The molecule has 0 aliphatic heterocycles. The van der Waals surface area contributed by atoms with Gasteiger partial charge in [0.1, 0.15) is 11.3 Å². The Morgan fingerprint density at radius 2 is 2.31 bits per heavy atom. The fraction of sp³-hybridized carbons (Fsp3) is 0.444. The first-order valence-corrected chi connectivity index (χ1v) is 4.81. The summed E-state index contributed by atoms with van der Waals surface area (Å²) in [5.41, 5.74) is 6.43. The first kappa shape index (κ1) is 10.6. The molecule has 0 aliphatic rings. The molecular formula is C9H13N5O2. The SMILES string of the molecule is COCCn1cnc2c(N)n(C)c(=O)nc21. The molecular weight excluding hydrogens is 210 g/mol. The molecule has 16 heavy (non-hydrogen) atoms. The minimum atomic E-state index is -0.385. The van der Waals surface area contributed by atoms with Crippen LogP contribution in [0.3, 0.4) is 0 Å². The standard InChI is InChI=1S/C9H13N5O2/c1-13-7(10)6-8(12-9(13)15)14(5-11-6)3-4-16-2/h5H,3-4,10H2,1-2H3. The Hall–Kier alpha value is -1.89. The van der Waals surface area contributed by atoms with E-state index >= 15 is 0 Å². The van der Waals surface area contributed by atoms with E-state index in [-0.39, 0.29) is 5.69 Å². The van der Waals surface area contributed by atoms with E-state index in [1.807, 2.05) is 0 Å². The molecule has 2 rings (SSSR count). The van der Waals surface area contributed by atoms with Gasteiger partial charge in [-0.2, -0.15) is 4.98 Å². The van der Waals surface area contributed by atoms with Gasteiger partial charge in [-0.3, -0.25) is 4.57 Å². The molecule has 0 saturated carbocycles. The molecule has 7 heteroatoms. The molecule has 0 unspecified atom stereocenters. The van der Waals surface area contributed by atoms with Crippen LogP contribution in [0.4, 0.5) is 5.82 Å². The third-order valence-corrected chi connectivity index (χ3v) is 2.44. The number of ether oxygens (including phenoxy) is 1. The maximum absolute atomic E-state index is 11.5. The Kier molecular flexibility index (Phi) is 2.61. The van der Waals surface area contributed by atoms with Crippen molar-refractivity contribution in [2.24, 2.45) is 7.05 Å². The highest BCUT2D eigenvalue weighted by Gasteiger charge is 2.11. The molecule has 0 spiro atoms. The number of methoxy groups -OCH3 is 1. The maximum atomic E-state index is 11.5. The van der Waals surface area contributed by atoms with Crippen LogP contribution in [0, 0.1) is 0 Å². The number of nitrogens with zero attached hydrogens (tertiary/aromatic N) is 4. The van der Waals surface area contributed by atoms with Gasteiger partial charge in [-0.05, 0) is 0 Å². The zero-order chi connectivity index (χ0) is 11.7. The Morgan fingerprint density at radius 3 is 3.00 bits per heavy atom. The highest BCUT2D eigenvalue weighted by Crippen LogP contribution is 2.13. The number of hydrogen-bond donors (Lipinski definition) is 1. The molecule has 0 fully saturated rings. The second kappa shape index (κ2) is 3.93. The zero-order valence-electron chi connectivity index (χ0n) is 9.17. The Bertz CT molecular complexity index is 571. The first-order chi connectivity index (χ1) is 7.65. The largest absolute Gasteiger partial charge is 0.383 e. The van der Waals surface area contributed by atoms with Gasteiger partial charge in [-0.25, -0.2) is 9.78 Å². The van der Waals surface area contributed by atoms with Crippen molar-refractivity contribution in [3.8, 4) is 0 Å². The van der Waals surface area contributed by atoms with Crippen molar-refractivity contribution in [1.29, 1.82) is 0 Å². The van der Waals surface area contributed by atoms with Crippen LogP contribution in [0.5, 0.6) is 0 Å². The Balaban J connectivity index is 2.60. The zero-order valence-corrected chi connectivity index (χ0v) is 9.17. The number of fused-ring (bicyclic) bond motifs is 1. The molecule has 0 atom stereocenters. The quantitative estimate of drug-likeness (QED) is 0.747. The molecule has 0 saturated heterocycles. The van der Waals surface area contributed by atoms with Crippen LogP contribution in [0.1, 0.15) is 0 Å².